The van der Waals surface area contributed by atoms with E-state index in [-0.39, 0.29) is 142 Å². The minimum absolute atomic E-state index is 0. The third kappa shape index (κ3) is 24.3. The Morgan fingerprint density at radius 3 is 1.73 bits per heavy atom. The van der Waals surface area contributed by atoms with Gasteiger partial charge in [0.25, 0.3) is 6.47 Å². The molecule has 1 N–H and O–H groups in total. The van der Waals surface area contributed by atoms with Crippen molar-refractivity contribution in [3.63, 3.8) is 0 Å². The predicted molar refractivity (Wildman–Crippen MR) is 126 cm³/mol. The molecule has 0 aliphatic heterocycles. The molecule has 0 bridgehead atoms. The summed E-state index contributed by atoms with van der Waals surface area (Å²) in [5.41, 5.74) is 7.73. The van der Waals surface area contributed by atoms with Crippen LogP contribution in [0.25, 0.3) is 5.53 Å². The Hall–Kier alpha value is 0.813. The van der Waals surface area contributed by atoms with E-state index in [1.54, 1.807) is 0 Å². The van der Waals surface area contributed by atoms with Gasteiger partial charge in [-0.15, -0.1) is 12.3 Å². The second-order valence-electron chi connectivity index (χ2n) is 7.70. The van der Waals surface area contributed by atoms with Crippen molar-refractivity contribution in [1.82, 2.24) is 0 Å². The Labute approximate surface area is 318 Å². The standard InChI is InChI=1S/C8H10F2.C7H10F2O.C5H9N2O4P.CH2O3.CH4O.2K.H/c1-2-7-4-3-5-8(9,10)6-7;8-7(9)3-1-2-6(4-7)5-10;1-4(8)5(7-6)12(9,10-2)11-3;2-1-4-3;1-2;;;/h1,7H,3-6H2;5-6H,1-4H2;1-3H3;1,3H;2H,1H3;;;/q;;;;;2*+1;-1/p-1. The van der Waals surface area contributed by atoms with E-state index in [1.807, 2.05) is 0 Å². The van der Waals surface area contributed by atoms with E-state index in [0.717, 1.165) is 34.7 Å². The molecule has 2 aliphatic carbocycles. The first kappa shape index (κ1) is 50.4. The van der Waals surface area contributed by atoms with Crippen LogP contribution in [0.15, 0.2) is 0 Å². The molecule has 0 radical (unpaired) electrons. The fourth-order valence-corrected chi connectivity index (χ4v) is 4.20. The smallest absolute Gasteiger partial charge is 1.00 e. The summed E-state index contributed by atoms with van der Waals surface area (Å²) in [5.74, 6) is -3.94. The molecule has 0 aromatic heterocycles. The molecule has 0 aromatic rings. The molecular weight excluding hydrogens is 621 g/mol. The van der Waals surface area contributed by atoms with Crippen LogP contribution in [0, 0.1) is 24.2 Å². The van der Waals surface area contributed by atoms with Gasteiger partial charge in [0.15, 0.2) is 0 Å². The zero-order chi connectivity index (χ0) is 30.4. The van der Waals surface area contributed by atoms with Gasteiger partial charge in [-0.1, -0.05) is 0 Å². The van der Waals surface area contributed by atoms with Gasteiger partial charge in [-0.3, -0.25) is 9.59 Å². The molecule has 2 atom stereocenters. The molecule has 2 unspecified atom stereocenters. The zero-order valence-electron chi connectivity index (χ0n) is 24.6. The summed E-state index contributed by atoms with van der Waals surface area (Å²) in [6, 6.07) is 0. The minimum Gasteiger partial charge on any atom is -1.00 e. The predicted octanol–water partition coefficient (Wildman–Crippen LogP) is -2.69. The van der Waals surface area contributed by atoms with Crippen LogP contribution in [-0.4, -0.2) is 67.1 Å². The molecule has 0 aromatic carbocycles. The maximum Gasteiger partial charge on any atom is 1.00 e. The van der Waals surface area contributed by atoms with Crippen molar-refractivity contribution in [3.05, 3.63) is 5.53 Å². The van der Waals surface area contributed by atoms with Crippen LogP contribution >= 0.6 is 7.60 Å². The minimum atomic E-state index is -3.70. The average molecular weight is 657 g/mol. The molecular formula is C22H35F4K2N2O9P. The normalized spacial score (nSPS) is 19.5. The molecule has 2 rings (SSSR count). The van der Waals surface area contributed by atoms with Crippen molar-refractivity contribution in [2.75, 3.05) is 21.3 Å². The summed E-state index contributed by atoms with van der Waals surface area (Å²) < 4.78 is 70.3. The van der Waals surface area contributed by atoms with Crippen LogP contribution < -0.4 is 108 Å². The fraction of sp³-hybridized carbons (Fsp3) is 0.727. The Morgan fingerprint density at radius 1 is 1.10 bits per heavy atom. The van der Waals surface area contributed by atoms with Gasteiger partial charge in [0.1, 0.15) is 6.29 Å². The van der Waals surface area contributed by atoms with E-state index in [0.29, 0.717) is 25.5 Å². The Bertz CT molecular complexity index is 857. The van der Waals surface area contributed by atoms with Crippen LogP contribution in [-0.2, 0) is 32.9 Å². The fourth-order valence-electron chi connectivity index (χ4n) is 3.21. The molecule has 2 aliphatic rings. The summed E-state index contributed by atoms with van der Waals surface area (Å²) in [7, 11) is -0.506. The molecule has 0 amide bonds. The summed E-state index contributed by atoms with van der Waals surface area (Å²) in [4.78, 5) is 34.6. The number of Topliss-reactive ketones (excluding diaryl/α,β-unsaturated/α-hetero) is 1. The number of alkyl halides is 4. The second-order valence-corrected chi connectivity index (χ2v) is 9.85. The van der Waals surface area contributed by atoms with E-state index in [2.05, 4.69) is 24.6 Å². The van der Waals surface area contributed by atoms with Crippen molar-refractivity contribution >= 4 is 31.6 Å². The quantitative estimate of drug-likeness (QED) is 0.0305. The largest absolute Gasteiger partial charge is 1.00 e. The Morgan fingerprint density at radius 2 is 1.52 bits per heavy atom. The van der Waals surface area contributed by atoms with Crippen molar-refractivity contribution in [3.8, 4) is 12.3 Å². The van der Waals surface area contributed by atoms with Crippen molar-refractivity contribution < 1.29 is 170 Å². The van der Waals surface area contributed by atoms with Crippen LogP contribution in [0.2, 0.25) is 0 Å². The van der Waals surface area contributed by atoms with E-state index >= 15 is 0 Å². The number of carbonyl (C=O) groups is 3. The van der Waals surface area contributed by atoms with Gasteiger partial charge >= 0.3 is 116 Å². The number of halogens is 4. The summed E-state index contributed by atoms with van der Waals surface area (Å²) in [6.45, 7) is 0.916. The first-order valence-electron chi connectivity index (χ1n) is 11.0. The van der Waals surface area contributed by atoms with Crippen molar-refractivity contribution in [1.29, 1.82) is 0 Å². The number of hydrogen-bond acceptors (Lipinski definition) is 9. The first-order chi connectivity index (χ1) is 17.7. The van der Waals surface area contributed by atoms with Crippen LogP contribution in [0.5, 0.6) is 0 Å². The molecule has 2 saturated carbocycles. The van der Waals surface area contributed by atoms with Gasteiger partial charge in [0.2, 0.25) is 17.6 Å². The summed E-state index contributed by atoms with van der Waals surface area (Å²) in [5, 5.41) is 15.4. The Kier molecular flexibility index (Phi) is 36.0. The van der Waals surface area contributed by atoms with Crippen LogP contribution in [0.3, 0.4) is 0 Å². The van der Waals surface area contributed by atoms with Crippen LogP contribution in [0.4, 0.5) is 17.6 Å². The van der Waals surface area contributed by atoms with E-state index < -0.39 is 36.6 Å². The molecule has 18 heteroatoms. The van der Waals surface area contributed by atoms with Gasteiger partial charge in [-0.05, 0) is 25.7 Å². The number of terminal acetylenes is 1. The number of rotatable bonds is 6. The maximum absolute atomic E-state index is 12.5. The summed E-state index contributed by atoms with van der Waals surface area (Å²) >= 11 is 0. The number of aliphatic hydroxyl groups excluding tert-OH is 1. The number of aldehydes is 1. The number of nitrogens with zero attached hydrogens (tertiary/aromatic N) is 2. The molecule has 11 nitrogen and oxygen atoms in total. The summed E-state index contributed by atoms with van der Waals surface area (Å²) in [6.07, 6.45) is 7.78. The third-order valence-electron chi connectivity index (χ3n) is 4.94. The molecule has 0 spiro atoms. The topological polar surface area (TPSA) is 176 Å². The monoisotopic (exact) mass is 656 g/mol. The number of aliphatic hydroxyl groups is 1. The Balaban J connectivity index is -0.0000000990. The average Bonchev–Trinajstić information content (AvgIpc) is 2.89. The molecule has 222 valence electrons. The second kappa shape index (κ2) is 28.6. The SMILES string of the molecule is C#CC1CCCC(F)(F)C1.CO.COP(=O)(OC)C(=[N+]=[N-])C(C)=O.O=CC1CCCC(F)(F)C1.O=CO[O-].[H-].[K+].[K+]. The van der Waals surface area contributed by atoms with Gasteiger partial charge in [-0.2, -0.15) is 4.79 Å². The van der Waals surface area contributed by atoms with Gasteiger partial charge < -0.3 is 36.1 Å². The van der Waals surface area contributed by atoms with Gasteiger partial charge in [0, 0.05) is 65.8 Å². The maximum atomic E-state index is 12.5. The molecule has 40 heavy (non-hydrogen) atoms. The van der Waals surface area contributed by atoms with Crippen molar-refractivity contribution in [2.45, 2.75) is 70.1 Å². The number of ketones is 1. The van der Waals surface area contributed by atoms with Crippen molar-refractivity contribution in [2.24, 2.45) is 11.8 Å². The first-order valence-corrected chi connectivity index (χ1v) is 12.5. The molecule has 2 fully saturated rings. The van der Waals surface area contributed by atoms with E-state index in [1.165, 1.54) is 0 Å². The third-order valence-corrected chi connectivity index (χ3v) is 6.82. The van der Waals surface area contributed by atoms with Gasteiger partial charge in [0.05, 0.1) is 0 Å². The van der Waals surface area contributed by atoms with E-state index in [9.17, 15) is 31.7 Å². The number of hydrogen-bond donors (Lipinski definition) is 1. The molecule has 0 heterocycles. The van der Waals surface area contributed by atoms with Crippen LogP contribution in [0.1, 0.15) is 59.7 Å². The van der Waals surface area contributed by atoms with Gasteiger partial charge in [-0.25, -0.2) is 22.1 Å². The zero-order valence-corrected chi connectivity index (χ0v) is 30.8. The van der Waals surface area contributed by atoms with E-state index in [4.69, 9.17) is 27.1 Å². The molecule has 0 saturated heterocycles. The number of carbonyl (C=O) groups excluding carboxylic acids is 3.